The van der Waals surface area contributed by atoms with E-state index in [2.05, 4.69) is 10.3 Å². The number of halogens is 2. The van der Waals surface area contributed by atoms with Crippen molar-refractivity contribution in [1.29, 1.82) is 0 Å². The van der Waals surface area contributed by atoms with Gasteiger partial charge in [0.2, 0.25) is 5.91 Å². The molecule has 7 heteroatoms. The molecule has 4 nitrogen and oxygen atoms in total. The van der Waals surface area contributed by atoms with Crippen LogP contribution in [-0.4, -0.2) is 10.9 Å². The van der Waals surface area contributed by atoms with Gasteiger partial charge in [-0.15, -0.1) is 11.3 Å². The summed E-state index contributed by atoms with van der Waals surface area (Å²) in [5.74, 6) is -0.866. The van der Waals surface area contributed by atoms with Gasteiger partial charge in [-0.2, -0.15) is 0 Å². The number of hydrogen-bond acceptors (Lipinski definition) is 4. The molecule has 0 spiro atoms. The number of aromatic nitrogens is 1. The fourth-order valence-electron chi connectivity index (χ4n) is 1.35. The second kappa shape index (κ2) is 5.32. The van der Waals surface area contributed by atoms with Crippen molar-refractivity contribution in [2.24, 2.45) is 0 Å². The summed E-state index contributed by atoms with van der Waals surface area (Å²) in [4.78, 5) is 15.6. The molecule has 0 atom stereocenters. The molecule has 0 saturated carbocycles. The van der Waals surface area contributed by atoms with Crippen LogP contribution >= 0.6 is 22.9 Å². The van der Waals surface area contributed by atoms with Crippen LogP contribution in [0.25, 0.3) is 0 Å². The maximum absolute atomic E-state index is 13.1. The van der Waals surface area contributed by atoms with E-state index in [1.165, 1.54) is 23.5 Å². The molecule has 0 fully saturated rings. The zero-order valence-electron chi connectivity index (χ0n) is 9.11. The van der Waals surface area contributed by atoms with Crippen LogP contribution in [-0.2, 0) is 11.2 Å². The van der Waals surface area contributed by atoms with Gasteiger partial charge >= 0.3 is 0 Å². The third-order valence-corrected chi connectivity index (χ3v) is 3.14. The number of carbonyl (C=O) groups excluding carboxylic acids is 1. The Kier molecular flexibility index (Phi) is 3.78. The molecule has 0 aliphatic carbocycles. The number of nitrogens with one attached hydrogen (secondary N) is 1. The number of rotatable bonds is 3. The van der Waals surface area contributed by atoms with Crippen molar-refractivity contribution in [3.05, 3.63) is 40.1 Å². The standard InChI is InChI=1S/C11H9ClFN3OS/c12-8-2-1-6(3-9(8)13)15-10(17)4-7-5-18-11(14)16-7/h1-3,5H,4H2,(H2,14,16)(H,15,17). The fraction of sp³-hybridized carbons (Fsp3) is 0.0909. The molecule has 0 radical (unpaired) electrons. The van der Waals surface area contributed by atoms with Crippen LogP contribution in [0.15, 0.2) is 23.6 Å². The highest BCUT2D eigenvalue weighted by Gasteiger charge is 2.08. The van der Waals surface area contributed by atoms with E-state index < -0.39 is 5.82 Å². The topological polar surface area (TPSA) is 68.0 Å². The summed E-state index contributed by atoms with van der Waals surface area (Å²) in [6, 6.07) is 4.07. The monoisotopic (exact) mass is 285 g/mol. The molecule has 0 aliphatic heterocycles. The fourth-order valence-corrected chi connectivity index (χ4v) is 2.03. The molecule has 1 heterocycles. The van der Waals surface area contributed by atoms with Crippen molar-refractivity contribution in [3.63, 3.8) is 0 Å². The highest BCUT2D eigenvalue weighted by molar-refractivity contribution is 7.13. The minimum atomic E-state index is -0.577. The summed E-state index contributed by atoms with van der Waals surface area (Å²) in [5.41, 5.74) is 6.39. The number of nitrogens with two attached hydrogens (primary N) is 1. The third-order valence-electron chi connectivity index (χ3n) is 2.11. The molecule has 1 aromatic heterocycles. The summed E-state index contributed by atoms with van der Waals surface area (Å²) in [7, 11) is 0. The lowest BCUT2D eigenvalue weighted by Gasteiger charge is -2.04. The predicted molar refractivity (Wildman–Crippen MR) is 70.3 cm³/mol. The lowest BCUT2D eigenvalue weighted by Crippen LogP contribution is -2.14. The van der Waals surface area contributed by atoms with Crippen molar-refractivity contribution in [1.82, 2.24) is 4.98 Å². The molecule has 94 valence electrons. The van der Waals surface area contributed by atoms with Crippen LogP contribution in [0.5, 0.6) is 0 Å². The number of benzene rings is 1. The molecular weight excluding hydrogens is 277 g/mol. The Balaban J connectivity index is 2.00. The zero-order chi connectivity index (χ0) is 13.1. The largest absolute Gasteiger partial charge is 0.375 e. The minimum Gasteiger partial charge on any atom is -0.375 e. The van der Waals surface area contributed by atoms with Crippen molar-refractivity contribution in [3.8, 4) is 0 Å². The number of amides is 1. The van der Waals surface area contributed by atoms with E-state index >= 15 is 0 Å². The average molecular weight is 286 g/mol. The molecule has 0 unspecified atom stereocenters. The van der Waals surface area contributed by atoms with Gasteiger partial charge in [0.1, 0.15) is 5.82 Å². The normalized spacial score (nSPS) is 10.3. The van der Waals surface area contributed by atoms with Crippen LogP contribution in [0.2, 0.25) is 5.02 Å². The molecule has 18 heavy (non-hydrogen) atoms. The molecular formula is C11H9ClFN3OS. The zero-order valence-corrected chi connectivity index (χ0v) is 10.7. The third kappa shape index (κ3) is 3.18. The first-order valence-corrected chi connectivity index (χ1v) is 6.25. The van der Waals surface area contributed by atoms with Gasteiger partial charge in [0.15, 0.2) is 5.13 Å². The summed E-state index contributed by atoms with van der Waals surface area (Å²) >= 11 is 6.81. The first kappa shape index (κ1) is 12.8. The Morgan fingerprint density at radius 2 is 2.33 bits per heavy atom. The summed E-state index contributed by atoms with van der Waals surface area (Å²) < 4.78 is 13.1. The van der Waals surface area contributed by atoms with Crippen molar-refractivity contribution in [2.45, 2.75) is 6.42 Å². The van der Waals surface area contributed by atoms with Gasteiger partial charge in [0.05, 0.1) is 17.1 Å². The number of carbonyl (C=O) groups is 1. The summed E-state index contributed by atoms with van der Waals surface area (Å²) in [6.07, 6.45) is 0.0952. The van der Waals surface area contributed by atoms with Crippen molar-refractivity contribution in [2.75, 3.05) is 11.1 Å². The molecule has 2 rings (SSSR count). The second-order valence-electron chi connectivity index (χ2n) is 3.53. The van der Waals surface area contributed by atoms with E-state index in [0.717, 1.165) is 6.07 Å². The van der Waals surface area contributed by atoms with E-state index in [1.54, 1.807) is 5.38 Å². The van der Waals surface area contributed by atoms with Crippen molar-refractivity contribution >= 4 is 39.7 Å². The lowest BCUT2D eigenvalue weighted by atomic mass is 10.2. The maximum Gasteiger partial charge on any atom is 0.230 e. The van der Waals surface area contributed by atoms with Gasteiger partial charge in [0.25, 0.3) is 0 Å². The average Bonchev–Trinajstić information content (AvgIpc) is 2.69. The van der Waals surface area contributed by atoms with Crippen LogP contribution in [0.4, 0.5) is 15.2 Å². The summed E-state index contributed by atoms with van der Waals surface area (Å²) in [5, 5.41) is 4.69. The van der Waals surface area contributed by atoms with Gasteiger partial charge in [-0.1, -0.05) is 11.6 Å². The Bertz CT molecular complexity index is 587. The van der Waals surface area contributed by atoms with Crippen molar-refractivity contribution < 1.29 is 9.18 Å². The van der Waals surface area contributed by atoms with Gasteiger partial charge in [-0.25, -0.2) is 9.37 Å². The Hall–Kier alpha value is -1.66. The smallest absolute Gasteiger partial charge is 0.230 e. The number of nitrogens with zero attached hydrogens (tertiary/aromatic N) is 1. The van der Waals surface area contributed by atoms with E-state index in [9.17, 15) is 9.18 Å². The molecule has 3 N–H and O–H groups in total. The van der Waals surface area contributed by atoms with Gasteiger partial charge in [-0.3, -0.25) is 4.79 Å². The van der Waals surface area contributed by atoms with E-state index in [4.69, 9.17) is 17.3 Å². The first-order valence-electron chi connectivity index (χ1n) is 4.99. The number of thiazole rings is 1. The molecule has 1 amide bonds. The van der Waals surface area contributed by atoms with Gasteiger partial charge in [-0.05, 0) is 18.2 Å². The summed E-state index contributed by atoms with van der Waals surface area (Å²) in [6.45, 7) is 0. The maximum atomic E-state index is 13.1. The number of hydrogen-bond donors (Lipinski definition) is 2. The quantitative estimate of drug-likeness (QED) is 0.911. The Morgan fingerprint density at radius 3 is 2.94 bits per heavy atom. The second-order valence-corrected chi connectivity index (χ2v) is 4.83. The van der Waals surface area contributed by atoms with E-state index in [0.29, 0.717) is 16.5 Å². The molecule has 0 bridgehead atoms. The predicted octanol–water partition coefficient (Wildman–Crippen LogP) is 2.70. The molecule has 0 saturated heterocycles. The SMILES string of the molecule is Nc1nc(CC(=O)Nc2ccc(Cl)c(F)c2)cs1. The number of nitrogen functional groups attached to an aromatic ring is 1. The highest BCUT2D eigenvalue weighted by atomic mass is 35.5. The van der Waals surface area contributed by atoms with Gasteiger partial charge < -0.3 is 11.1 Å². The van der Waals surface area contributed by atoms with E-state index in [1.807, 2.05) is 0 Å². The van der Waals surface area contributed by atoms with Crippen LogP contribution in [0, 0.1) is 5.82 Å². The lowest BCUT2D eigenvalue weighted by molar-refractivity contribution is -0.115. The van der Waals surface area contributed by atoms with Crippen LogP contribution < -0.4 is 11.1 Å². The number of anilines is 2. The first-order chi connectivity index (χ1) is 8.54. The Labute approximate surface area is 112 Å². The van der Waals surface area contributed by atoms with Crippen LogP contribution in [0.1, 0.15) is 5.69 Å². The van der Waals surface area contributed by atoms with Gasteiger partial charge in [0, 0.05) is 11.1 Å². The molecule has 1 aromatic carbocycles. The molecule has 0 aliphatic rings. The minimum absolute atomic E-state index is 0.0141. The van der Waals surface area contributed by atoms with Crippen LogP contribution in [0.3, 0.4) is 0 Å². The Morgan fingerprint density at radius 1 is 1.56 bits per heavy atom. The van der Waals surface area contributed by atoms with E-state index in [-0.39, 0.29) is 17.4 Å². The molecule has 2 aromatic rings. The highest BCUT2D eigenvalue weighted by Crippen LogP contribution is 2.19.